The molecule has 11 heteroatoms. The van der Waals surface area contributed by atoms with Crippen molar-refractivity contribution >= 4 is 16.1 Å². The lowest BCUT2D eigenvalue weighted by Gasteiger charge is -2.32. The highest BCUT2D eigenvalue weighted by molar-refractivity contribution is 7.86. The van der Waals surface area contributed by atoms with Gasteiger partial charge >= 0.3 is 6.36 Å². The number of hydrogen-bond acceptors (Lipinski definition) is 4. The molecule has 0 aromatic heterocycles. The third-order valence-corrected chi connectivity index (χ3v) is 6.20. The summed E-state index contributed by atoms with van der Waals surface area (Å²) in [5, 5.41) is 2.73. The smallest absolute Gasteiger partial charge is 0.406 e. The SMILES string of the molecule is CN(C)S(=O)(=O)N1CCC(CNC(=O)c2ccc(OC(F)(F)F)cc2)CC1. The predicted octanol–water partition coefficient (Wildman–Crippen LogP) is 1.83. The molecule has 1 fully saturated rings. The first-order valence-electron chi connectivity index (χ1n) is 8.30. The summed E-state index contributed by atoms with van der Waals surface area (Å²) in [7, 11) is -0.470. The summed E-state index contributed by atoms with van der Waals surface area (Å²) in [6.45, 7) is 1.13. The summed E-state index contributed by atoms with van der Waals surface area (Å²) < 4.78 is 66.8. The molecule has 152 valence electrons. The number of nitrogens with zero attached hydrogens (tertiary/aromatic N) is 2. The molecule has 1 aromatic rings. The van der Waals surface area contributed by atoms with Crippen molar-refractivity contribution in [1.82, 2.24) is 13.9 Å². The second-order valence-corrected chi connectivity index (χ2v) is 8.56. The largest absolute Gasteiger partial charge is 0.573 e. The number of ether oxygens (including phenoxy) is 1. The zero-order chi connectivity index (χ0) is 20.2. The van der Waals surface area contributed by atoms with Crippen LogP contribution in [-0.2, 0) is 10.2 Å². The van der Waals surface area contributed by atoms with E-state index in [2.05, 4.69) is 10.1 Å². The van der Waals surface area contributed by atoms with Gasteiger partial charge in [0.1, 0.15) is 5.75 Å². The topological polar surface area (TPSA) is 79.0 Å². The molecule has 27 heavy (non-hydrogen) atoms. The first-order chi connectivity index (χ1) is 12.5. The fourth-order valence-corrected chi connectivity index (χ4v) is 3.86. The van der Waals surface area contributed by atoms with Crippen LogP contribution in [0.15, 0.2) is 24.3 Å². The highest BCUT2D eigenvalue weighted by Crippen LogP contribution is 2.23. The van der Waals surface area contributed by atoms with Gasteiger partial charge in [-0.05, 0) is 43.0 Å². The highest BCUT2D eigenvalue weighted by Gasteiger charge is 2.31. The average molecular weight is 409 g/mol. The van der Waals surface area contributed by atoms with Gasteiger partial charge in [-0.25, -0.2) is 0 Å². The number of benzene rings is 1. The van der Waals surface area contributed by atoms with Gasteiger partial charge in [0.05, 0.1) is 0 Å². The molecule has 0 saturated carbocycles. The molecule has 0 aliphatic carbocycles. The molecule has 1 saturated heterocycles. The van der Waals surface area contributed by atoms with Crippen LogP contribution in [0.2, 0.25) is 0 Å². The summed E-state index contributed by atoms with van der Waals surface area (Å²) in [5.41, 5.74) is 0.220. The quantitative estimate of drug-likeness (QED) is 0.778. The Labute approximate surface area is 156 Å². The minimum absolute atomic E-state index is 0.135. The third-order valence-electron chi connectivity index (χ3n) is 4.26. The molecule has 0 unspecified atom stereocenters. The van der Waals surface area contributed by atoms with E-state index in [1.54, 1.807) is 0 Å². The van der Waals surface area contributed by atoms with Gasteiger partial charge in [0.25, 0.3) is 16.1 Å². The van der Waals surface area contributed by atoms with Gasteiger partial charge in [-0.1, -0.05) is 0 Å². The van der Waals surface area contributed by atoms with E-state index in [0.29, 0.717) is 32.5 Å². The fraction of sp³-hybridized carbons (Fsp3) is 0.562. The first-order valence-corrected chi connectivity index (χ1v) is 9.70. The van der Waals surface area contributed by atoms with E-state index in [0.717, 1.165) is 12.1 Å². The molecule has 1 heterocycles. The number of piperidine rings is 1. The van der Waals surface area contributed by atoms with Crippen molar-refractivity contribution in [2.75, 3.05) is 33.7 Å². The maximum Gasteiger partial charge on any atom is 0.573 e. The lowest BCUT2D eigenvalue weighted by Crippen LogP contribution is -2.45. The van der Waals surface area contributed by atoms with Gasteiger partial charge in [-0.3, -0.25) is 4.79 Å². The molecule has 1 aromatic carbocycles. The molecule has 1 aliphatic rings. The first kappa shape index (κ1) is 21.5. The van der Waals surface area contributed by atoms with Crippen molar-refractivity contribution in [3.05, 3.63) is 29.8 Å². The second kappa shape index (κ2) is 8.44. The number of carbonyl (C=O) groups is 1. The summed E-state index contributed by atoms with van der Waals surface area (Å²) >= 11 is 0. The molecule has 0 atom stereocenters. The monoisotopic (exact) mass is 409 g/mol. The molecule has 1 aliphatic heterocycles. The molecular formula is C16H22F3N3O4S. The lowest BCUT2D eigenvalue weighted by molar-refractivity contribution is -0.274. The maximum absolute atomic E-state index is 12.1. The molecule has 0 spiro atoms. The minimum Gasteiger partial charge on any atom is -0.406 e. The normalized spacial score (nSPS) is 17.1. The van der Waals surface area contributed by atoms with Crippen molar-refractivity contribution in [1.29, 1.82) is 0 Å². The zero-order valence-corrected chi connectivity index (χ0v) is 15.8. The number of amides is 1. The summed E-state index contributed by atoms with van der Waals surface area (Å²) in [4.78, 5) is 12.1. The third kappa shape index (κ3) is 6.08. The van der Waals surface area contributed by atoms with Crippen LogP contribution in [-0.4, -0.2) is 63.0 Å². The summed E-state index contributed by atoms with van der Waals surface area (Å²) in [6, 6.07) is 4.66. The Hall–Kier alpha value is -1.85. The zero-order valence-electron chi connectivity index (χ0n) is 15.0. The van der Waals surface area contributed by atoms with E-state index in [1.807, 2.05) is 0 Å². The summed E-state index contributed by atoms with van der Waals surface area (Å²) in [6.07, 6.45) is -3.55. The van der Waals surface area contributed by atoms with Crippen molar-refractivity contribution in [2.45, 2.75) is 19.2 Å². The Morgan fingerprint density at radius 2 is 1.78 bits per heavy atom. The van der Waals surface area contributed by atoms with Crippen molar-refractivity contribution < 1.29 is 31.1 Å². The predicted molar refractivity (Wildman–Crippen MR) is 92.4 cm³/mol. The average Bonchev–Trinajstić information content (AvgIpc) is 2.59. The van der Waals surface area contributed by atoms with Gasteiger partial charge < -0.3 is 10.1 Å². The maximum atomic E-state index is 12.1. The van der Waals surface area contributed by atoms with Gasteiger partial charge in [0.15, 0.2) is 0 Å². The number of halogens is 3. The lowest BCUT2D eigenvalue weighted by atomic mass is 9.98. The molecule has 0 radical (unpaired) electrons. The summed E-state index contributed by atoms with van der Waals surface area (Å²) in [5.74, 6) is -0.666. The van der Waals surface area contributed by atoms with Crippen molar-refractivity contribution in [3.8, 4) is 5.75 Å². The minimum atomic E-state index is -4.78. The van der Waals surface area contributed by atoms with E-state index < -0.39 is 28.2 Å². The van der Waals surface area contributed by atoms with E-state index in [-0.39, 0.29) is 11.5 Å². The van der Waals surface area contributed by atoms with Gasteiger partial charge in [-0.15, -0.1) is 13.2 Å². The van der Waals surface area contributed by atoms with Crippen molar-refractivity contribution in [3.63, 3.8) is 0 Å². The number of carbonyl (C=O) groups excluding carboxylic acids is 1. The van der Waals surface area contributed by atoms with Crippen LogP contribution in [0, 0.1) is 5.92 Å². The van der Waals surface area contributed by atoms with Gasteiger partial charge in [-0.2, -0.15) is 17.0 Å². The number of alkyl halides is 3. The number of nitrogens with one attached hydrogen (secondary N) is 1. The van der Waals surface area contributed by atoms with Crippen LogP contribution >= 0.6 is 0 Å². The van der Waals surface area contributed by atoms with Crippen molar-refractivity contribution in [2.24, 2.45) is 5.92 Å². The van der Waals surface area contributed by atoms with E-state index >= 15 is 0 Å². The Bertz CT molecular complexity index is 743. The van der Waals surface area contributed by atoms with Gasteiger partial charge in [0.2, 0.25) is 0 Å². The van der Waals surface area contributed by atoms with Crippen LogP contribution in [0.3, 0.4) is 0 Å². The van der Waals surface area contributed by atoms with Crippen LogP contribution in [0.4, 0.5) is 13.2 Å². The Balaban J connectivity index is 1.81. The molecule has 1 amide bonds. The van der Waals surface area contributed by atoms with E-state index in [1.165, 1.54) is 34.8 Å². The van der Waals surface area contributed by atoms with Gasteiger partial charge in [0, 0.05) is 39.3 Å². The Morgan fingerprint density at radius 3 is 2.26 bits per heavy atom. The molecule has 7 nitrogen and oxygen atoms in total. The highest BCUT2D eigenvalue weighted by atomic mass is 32.2. The Kier molecular flexibility index (Phi) is 6.71. The molecule has 0 bridgehead atoms. The van der Waals surface area contributed by atoms with Crippen LogP contribution < -0.4 is 10.1 Å². The second-order valence-electron chi connectivity index (χ2n) is 6.41. The Morgan fingerprint density at radius 1 is 1.22 bits per heavy atom. The van der Waals surface area contributed by atoms with Crippen LogP contribution in [0.25, 0.3) is 0 Å². The van der Waals surface area contributed by atoms with Crippen LogP contribution in [0.5, 0.6) is 5.75 Å². The van der Waals surface area contributed by atoms with E-state index in [4.69, 9.17) is 0 Å². The van der Waals surface area contributed by atoms with E-state index in [9.17, 15) is 26.4 Å². The standard InChI is InChI=1S/C16H22F3N3O4S/c1-21(2)27(24,25)22-9-7-12(8-10-22)11-20-15(23)13-3-5-14(6-4-13)26-16(17,18)19/h3-6,12H,7-11H2,1-2H3,(H,20,23). The number of rotatable bonds is 6. The van der Waals surface area contributed by atoms with Crippen LogP contribution in [0.1, 0.15) is 23.2 Å². The molecule has 2 rings (SSSR count). The molecule has 1 N–H and O–H groups in total. The fourth-order valence-electron chi connectivity index (χ4n) is 2.72. The molecular weight excluding hydrogens is 387 g/mol. The number of hydrogen-bond donors (Lipinski definition) is 1.